The van der Waals surface area contributed by atoms with Crippen LogP contribution in [0.15, 0.2) is 0 Å². The summed E-state index contributed by atoms with van der Waals surface area (Å²) in [6.07, 6.45) is 4.41. The molecule has 17 heavy (non-hydrogen) atoms. The molecule has 1 aliphatic carbocycles. The summed E-state index contributed by atoms with van der Waals surface area (Å²) in [5.74, 6) is 0.697. The molecule has 0 aromatic carbocycles. The highest BCUT2D eigenvalue weighted by Gasteiger charge is 2.32. The van der Waals surface area contributed by atoms with Crippen molar-refractivity contribution in [3.8, 4) is 6.01 Å². The van der Waals surface area contributed by atoms with E-state index in [2.05, 4.69) is 27.2 Å². The smallest absolute Gasteiger partial charge is 0.323 e. The highest BCUT2D eigenvalue weighted by atomic mass is 16.5. The van der Waals surface area contributed by atoms with Gasteiger partial charge in [-0.2, -0.15) is 15.0 Å². The van der Waals surface area contributed by atoms with Gasteiger partial charge in [-0.1, -0.05) is 6.92 Å². The Morgan fingerprint density at radius 3 is 2.71 bits per heavy atom. The topological polar surface area (TPSA) is 86.0 Å². The second-order valence-corrected chi connectivity index (χ2v) is 4.69. The summed E-state index contributed by atoms with van der Waals surface area (Å²) in [4.78, 5) is 12.2. The Kier molecular flexibility index (Phi) is 3.31. The van der Waals surface area contributed by atoms with E-state index < -0.39 is 0 Å². The Morgan fingerprint density at radius 1 is 1.35 bits per heavy atom. The molecule has 2 rings (SSSR count). The summed E-state index contributed by atoms with van der Waals surface area (Å²) in [5.41, 5.74) is 5.72. The standard InChI is InChI=1S/C11H19N5O/c1-3-7-17-10-14-8(12)13-9(15-10)16-11(2)5-4-6-11/h3-7H2,1-2H3,(H3,12,13,14,15,16). The molecule has 6 nitrogen and oxygen atoms in total. The van der Waals surface area contributed by atoms with Crippen LogP contribution in [0.5, 0.6) is 6.01 Å². The van der Waals surface area contributed by atoms with Gasteiger partial charge in [-0.05, 0) is 32.6 Å². The average Bonchev–Trinajstić information content (AvgIpc) is 2.23. The first kappa shape index (κ1) is 11.9. The molecule has 0 saturated heterocycles. The number of aromatic nitrogens is 3. The van der Waals surface area contributed by atoms with Crippen LogP contribution < -0.4 is 15.8 Å². The Balaban J connectivity index is 2.08. The summed E-state index contributed by atoms with van der Waals surface area (Å²) < 4.78 is 5.36. The fraction of sp³-hybridized carbons (Fsp3) is 0.727. The van der Waals surface area contributed by atoms with Gasteiger partial charge in [-0.15, -0.1) is 0 Å². The monoisotopic (exact) mass is 237 g/mol. The van der Waals surface area contributed by atoms with E-state index in [0.29, 0.717) is 18.6 Å². The van der Waals surface area contributed by atoms with E-state index in [1.807, 2.05) is 6.92 Å². The van der Waals surface area contributed by atoms with E-state index in [4.69, 9.17) is 10.5 Å². The lowest BCUT2D eigenvalue weighted by Crippen LogP contribution is -2.42. The lowest BCUT2D eigenvalue weighted by molar-refractivity contribution is 0.288. The van der Waals surface area contributed by atoms with Crippen molar-refractivity contribution in [1.82, 2.24) is 15.0 Å². The first-order valence-corrected chi connectivity index (χ1v) is 6.04. The van der Waals surface area contributed by atoms with Gasteiger partial charge in [0.1, 0.15) is 0 Å². The molecule has 1 aromatic rings. The van der Waals surface area contributed by atoms with E-state index in [9.17, 15) is 0 Å². The highest BCUT2D eigenvalue weighted by Crippen LogP contribution is 2.33. The van der Waals surface area contributed by atoms with Crippen molar-refractivity contribution in [2.75, 3.05) is 17.7 Å². The first-order valence-electron chi connectivity index (χ1n) is 6.04. The summed E-state index contributed by atoms with van der Waals surface area (Å²) in [5, 5.41) is 3.29. The third-order valence-corrected chi connectivity index (χ3v) is 2.94. The van der Waals surface area contributed by atoms with Gasteiger partial charge in [0.15, 0.2) is 0 Å². The minimum atomic E-state index is 0.0931. The fourth-order valence-corrected chi connectivity index (χ4v) is 1.79. The van der Waals surface area contributed by atoms with Crippen LogP contribution in [0, 0.1) is 0 Å². The van der Waals surface area contributed by atoms with Gasteiger partial charge in [0, 0.05) is 5.54 Å². The van der Waals surface area contributed by atoms with Gasteiger partial charge < -0.3 is 15.8 Å². The molecule has 94 valence electrons. The zero-order valence-corrected chi connectivity index (χ0v) is 10.4. The zero-order chi connectivity index (χ0) is 12.3. The SMILES string of the molecule is CCCOc1nc(N)nc(NC2(C)CCC2)n1. The van der Waals surface area contributed by atoms with Crippen molar-refractivity contribution >= 4 is 11.9 Å². The number of rotatable bonds is 5. The van der Waals surface area contributed by atoms with Crippen LogP contribution in [0.3, 0.4) is 0 Å². The number of nitrogens with one attached hydrogen (secondary N) is 1. The maximum Gasteiger partial charge on any atom is 0.323 e. The van der Waals surface area contributed by atoms with Crippen LogP contribution in [-0.4, -0.2) is 27.1 Å². The highest BCUT2D eigenvalue weighted by molar-refractivity contribution is 5.36. The summed E-state index contributed by atoms with van der Waals surface area (Å²) in [6, 6.07) is 0.296. The van der Waals surface area contributed by atoms with Gasteiger partial charge >= 0.3 is 6.01 Å². The summed E-state index contributed by atoms with van der Waals surface area (Å²) in [6.45, 7) is 4.77. The molecule has 0 amide bonds. The molecule has 3 N–H and O–H groups in total. The van der Waals surface area contributed by atoms with Crippen LogP contribution in [0.1, 0.15) is 39.5 Å². The molecule has 6 heteroatoms. The van der Waals surface area contributed by atoms with E-state index in [0.717, 1.165) is 19.3 Å². The second-order valence-electron chi connectivity index (χ2n) is 4.69. The molecule has 0 unspecified atom stereocenters. The van der Waals surface area contributed by atoms with Gasteiger partial charge in [-0.25, -0.2) is 0 Å². The number of nitrogens with zero attached hydrogens (tertiary/aromatic N) is 3. The van der Waals surface area contributed by atoms with E-state index in [-0.39, 0.29) is 11.5 Å². The number of ether oxygens (including phenoxy) is 1. The van der Waals surface area contributed by atoms with Gasteiger partial charge in [0.25, 0.3) is 0 Å². The number of hydrogen-bond donors (Lipinski definition) is 2. The Labute approximate surface area is 101 Å². The molecule has 1 fully saturated rings. The van der Waals surface area contributed by atoms with E-state index in [1.165, 1.54) is 6.42 Å². The molecule has 0 aliphatic heterocycles. The third kappa shape index (κ3) is 2.95. The number of hydrogen-bond acceptors (Lipinski definition) is 6. The second kappa shape index (κ2) is 4.73. The van der Waals surface area contributed by atoms with Crippen LogP contribution in [-0.2, 0) is 0 Å². The summed E-state index contributed by atoms with van der Waals surface area (Å²) in [7, 11) is 0. The van der Waals surface area contributed by atoms with Crippen molar-refractivity contribution in [3.63, 3.8) is 0 Å². The minimum Gasteiger partial charge on any atom is -0.463 e. The summed E-state index contributed by atoms with van der Waals surface area (Å²) >= 11 is 0. The normalized spacial score (nSPS) is 17.3. The number of nitrogens with two attached hydrogens (primary N) is 1. The fourth-order valence-electron chi connectivity index (χ4n) is 1.79. The Bertz CT molecular complexity index is 391. The largest absolute Gasteiger partial charge is 0.463 e. The molecular formula is C11H19N5O. The molecule has 0 radical (unpaired) electrons. The molecule has 0 atom stereocenters. The Hall–Kier alpha value is -1.59. The molecule has 0 spiro atoms. The predicted octanol–water partition coefficient (Wildman–Crippen LogP) is 1.60. The third-order valence-electron chi connectivity index (χ3n) is 2.94. The number of anilines is 2. The van der Waals surface area contributed by atoms with Crippen molar-refractivity contribution < 1.29 is 4.74 Å². The van der Waals surface area contributed by atoms with Crippen LogP contribution in [0.4, 0.5) is 11.9 Å². The molecule has 1 aliphatic rings. The maximum atomic E-state index is 5.63. The van der Waals surface area contributed by atoms with E-state index in [1.54, 1.807) is 0 Å². The zero-order valence-electron chi connectivity index (χ0n) is 10.4. The van der Waals surface area contributed by atoms with Crippen LogP contribution in [0.2, 0.25) is 0 Å². The minimum absolute atomic E-state index is 0.0931. The lowest BCUT2D eigenvalue weighted by atomic mass is 9.79. The average molecular weight is 237 g/mol. The van der Waals surface area contributed by atoms with Crippen molar-refractivity contribution in [2.45, 2.75) is 45.1 Å². The molecule has 1 aromatic heterocycles. The first-order chi connectivity index (χ1) is 8.11. The van der Waals surface area contributed by atoms with Gasteiger partial charge in [0.2, 0.25) is 11.9 Å². The van der Waals surface area contributed by atoms with Crippen LogP contribution >= 0.6 is 0 Å². The van der Waals surface area contributed by atoms with Gasteiger partial charge in [-0.3, -0.25) is 0 Å². The van der Waals surface area contributed by atoms with Crippen LogP contribution in [0.25, 0.3) is 0 Å². The molecule has 0 bridgehead atoms. The molecule has 1 saturated carbocycles. The number of nitrogen functional groups attached to an aromatic ring is 1. The lowest BCUT2D eigenvalue weighted by Gasteiger charge is -2.39. The molecular weight excluding hydrogens is 218 g/mol. The van der Waals surface area contributed by atoms with E-state index >= 15 is 0 Å². The quantitative estimate of drug-likeness (QED) is 0.809. The maximum absolute atomic E-state index is 5.63. The van der Waals surface area contributed by atoms with Gasteiger partial charge in [0.05, 0.1) is 6.61 Å². The predicted molar refractivity (Wildman–Crippen MR) is 65.9 cm³/mol. The van der Waals surface area contributed by atoms with Crippen molar-refractivity contribution in [1.29, 1.82) is 0 Å². The van der Waals surface area contributed by atoms with Crippen molar-refractivity contribution in [3.05, 3.63) is 0 Å². The molecule has 1 heterocycles. The Morgan fingerprint density at radius 2 is 2.12 bits per heavy atom. The van der Waals surface area contributed by atoms with Crippen molar-refractivity contribution in [2.24, 2.45) is 0 Å².